The first-order valence-corrected chi connectivity index (χ1v) is 19.8. The number of Topliss-reactive ketones (excluding diaryl/α,β-unsaturated/α-hetero) is 1. The Hall–Kier alpha value is -3.05. The summed E-state index contributed by atoms with van der Waals surface area (Å²) < 4.78 is 2.64. The summed E-state index contributed by atoms with van der Waals surface area (Å²) in [6.45, 7) is 24.2. The van der Waals surface area contributed by atoms with Crippen LogP contribution in [0.15, 0.2) is 66.2 Å². The fraction of sp³-hybridized carbons (Fsp3) is 0.478. The number of benzene rings is 3. The number of hydrogen-bond donors (Lipinski definition) is 2. The molecular weight excluding hydrogens is 839 g/mol. The maximum atomic E-state index is 11.8. The molecule has 0 amide bonds. The number of rotatable bonds is 8. The van der Waals surface area contributed by atoms with Crippen LogP contribution < -0.4 is 0 Å². The van der Waals surface area contributed by atoms with Crippen molar-refractivity contribution in [2.24, 2.45) is 11.8 Å². The summed E-state index contributed by atoms with van der Waals surface area (Å²) in [5, 5.41) is 24.7. The summed E-state index contributed by atoms with van der Waals surface area (Å²) in [4.78, 5) is 16.8. The first kappa shape index (κ1) is 41.7. The monoisotopic (exact) mass is 897 g/mol. The number of aromatic nitrogens is 1. The van der Waals surface area contributed by atoms with E-state index in [9.17, 15) is 15.0 Å². The molecule has 3 aromatic carbocycles. The van der Waals surface area contributed by atoms with Gasteiger partial charge in [0, 0.05) is 58.6 Å². The van der Waals surface area contributed by atoms with Crippen molar-refractivity contribution in [1.82, 2.24) is 4.98 Å². The number of carbonyl (C=O) groups excluding carboxylic acids is 1. The first-order chi connectivity index (χ1) is 24.0. The summed E-state index contributed by atoms with van der Waals surface area (Å²) in [6.07, 6.45) is 7.28. The Bertz CT molecular complexity index is 2090. The fourth-order valence-electron chi connectivity index (χ4n) is 7.78. The van der Waals surface area contributed by atoms with E-state index in [0.29, 0.717) is 12.8 Å². The number of carbonyl (C=O) groups is 1. The standard InChI is InChI=1S/C33H34NS.C13H24O3.Ir/c1-31(2,3)25-17-21(16-20-10-8-9-11-22(20)25)29-30-23(12-15-34-29)24-18-26-27(19-28(24)35-30)33(6,7)14-13-32(26,4)5;1-5-9(6-2)11(14)13(16)12(15)10(7-3)8-4;/h8-12,15,17-19H,13-14H2,1-7H3;9-10,14,16H,5-8H2,1-4H3;/q-1;;/b;13-11+;. The molecule has 0 aliphatic heterocycles. The quantitative estimate of drug-likeness (QED) is 0.0925. The maximum absolute atomic E-state index is 11.8. The molecule has 0 saturated heterocycles. The Morgan fingerprint density at radius 1 is 0.827 bits per heavy atom. The smallest absolute Gasteiger partial charge is 0.203 e. The third kappa shape index (κ3) is 8.05. The molecule has 1 aliphatic carbocycles. The predicted molar refractivity (Wildman–Crippen MR) is 218 cm³/mol. The number of ketones is 1. The average molecular weight is 897 g/mol. The van der Waals surface area contributed by atoms with Crippen LogP contribution in [0.1, 0.15) is 131 Å². The molecule has 4 nitrogen and oxygen atoms in total. The first-order valence-electron chi connectivity index (χ1n) is 19.0. The Morgan fingerprint density at radius 2 is 1.40 bits per heavy atom. The van der Waals surface area contributed by atoms with Gasteiger partial charge in [-0.15, -0.1) is 40.5 Å². The van der Waals surface area contributed by atoms with Crippen LogP contribution in [0.25, 0.3) is 42.2 Å². The number of pyridine rings is 1. The fourth-order valence-corrected chi connectivity index (χ4v) is 9.00. The number of nitrogens with zero attached hydrogens (tertiary/aromatic N) is 1. The normalized spacial score (nSPS) is 15.6. The van der Waals surface area contributed by atoms with E-state index in [2.05, 4.69) is 103 Å². The van der Waals surface area contributed by atoms with Crippen LogP contribution >= 0.6 is 11.3 Å². The molecule has 0 fully saturated rings. The van der Waals surface area contributed by atoms with E-state index < -0.39 is 5.76 Å². The average Bonchev–Trinajstić information content (AvgIpc) is 3.48. The largest absolute Gasteiger partial charge is 0.508 e. The molecule has 6 heteroatoms. The van der Waals surface area contributed by atoms with Crippen LogP contribution in [0.4, 0.5) is 0 Å². The van der Waals surface area contributed by atoms with E-state index in [1.807, 2.05) is 45.2 Å². The minimum atomic E-state index is -0.428. The van der Waals surface area contributed by atoms with Gasteiger partial charge in [0.05, 0.1) is 0 Å². The van der Waals surface area contributed by atoms with Crippen molar-refractivity contribution in [2.45, 2.75) is 131 Å². The Balaban J connectivity index is 0.000000305. The zero-order chi connectivity index (χ0) is 37.5. The molecule has 0 spiro atoms. The van der Waals surface area contributed by atoms with E-state index in [4.69, 9.17) is 4.98 Å². The van der Waals surface area contributed by atoms with Gasteiger partial charge in [0.15, 0.2) is 5.76 Å². The van der Waals surface area contributed by atoms with Gasteiger partial charge in [0.1, 0.15) is 5.76 Å². The molecule has 0 saturated carbocycles. The number of allylic oxidation sites excluding steroid dienone is 2. The van der Waals surface area contributed by atoms with Gasteiger partial charge in [0.25, 0.3) is 0 Å². The SMILES string of the molecule is CC(C)(C)c1cc(-c2nccc3c2sc2cc4c(cc23)C(C)(C)CCC4(C)C)[c-]c2ccccc12.CCC(CC)C(=O)/C(O)=C(\O)C(CC)CC.[Ir]. The second-order valence-corrected chi connectivity index (χ2v) is 17.9. The van der Waals surface area contributed by atoms with Crippen molar-refractivity contribution in [3.05, 3.63) is 89.0 Å². The summed E-state index contributed by atoms with van der Waals surface area (Å²) in [7, 11) is 0. The summed E-state index contributed by atoms with van der Waals surface area (Å²) >= 11 is 1.89. The van der Waals surface area contributed by atoms with Gasteiger partial charge < -0.3 is 10.2 Å². The number of fused-ring (bicyclic) bond motifs is 5. The molecule has 1 radical (unpaired) electrons. The molecule has 2 N–H and O–H groups in total. The van der Waals surface area contributed by atoms with Crippen LogP contribution in [0.2, 0.25) is 0 Å². The summed E-state index contributed by atoms with van der Waals surface area (Å²) in [5.74, 6) is -1.19. The number of thiophene rings is 1. The molecule has 0 bridgehead atoms. The molecule has 0 atom stereocenters. The number of aliphatic hydroxyl groups is 2. The van der Waals surface area contributed by atoms with E-state index in [1.54, 1.807) is 0 Å². The third-order valence-electron chi connectivity index (χ3n) is 11.4. The number of hydrogen-bond acceptors (Lipinski definition) is 5. The van der Waals surface area contributed by atoms with Crippen LogP contribution in [-0.4, -0.2) is 21.0 Å². The van der Waals surface area contributed by atoms with Crippen LogP contribution in [0.5, 0.6) is 0 Å². The van der Waals surface area contributed by atoms with E-state index in [0.717, 1.165) is 29.5 Å². The minimum absolute atomic E-state index is 0. The Kier molecular flexibility index (Phi) is 12.9. The molecular formula is C46H58IrNO3S-. The van der Waals surface area contributed by atoms with Gasteiger partial charge in [-0.1, -0.05) is 105 Å². The van der Waals surface area contributed by atoms with Crippen molar-refractivity contribution in [3.8, 4) is 11.3 Å². The molecule has 2 heterocycles. The van der Waals surface area contributed by atoms with Crippen LogP contribution in [-0.2, 0) is 41.1 Å². The zero-order valence-corrected chi connectivity index (χ0v) is 36.3. The van der Waals surface area contributed by atoms with Crippen molar-refractivity contribution in [2.75, 3.05) is 0 Å². The molecule has 2 aromatic heterocycles. The van der Waals surface area contributed by atoms with Gasteiger partial charge in [-0.2, -0.15) is 0 Å². The van der Waals surface area contributed by atoms with Gasteiger partial charge in [-0.05, 0) is 89.5 Å². The second-order valence-electron chi connectivity index (χ2n) is 16.8. The number of aliphatic hydroxyl groups excluding tert-OH is 2. The van der Waals surface area contributed by atoms with Crippen LogP contribution in [0, 0.1) is 17.9 Å². The summed E-state index contributed by atoms with van der Waals surface area (Å²) in [5.41, 5.74) is 6.99. The molecule has 1 aliphatic rings. The molecule has 52 heavy (non-hydrogen) atoms. The Morgan fingerprint density at radius 3 is 1.98 bits per heavy atom. The van der Waals surface area contributed by atoms with Gasteiger partial charge in [0.2, 0.25) is 5.78 Å². The molecule has 0 unspecified atom stereocenters. The molecule has 5 aromatic rings. The van der Waals surface area contributed by atoms with E-state index in [-0.39, 0.29) is 59.7 Å². The molecule has 6 rings (SSSR count). The van der Waals surface area contributed by atoms with Crippen LogP contribution in [0.3, 0.4) is 0 Å². The van der Waals surface area contributed by atoms with E-state index in [1.165, 1.54) is 55.1 Å². The van der Waals surface area contributed by atoms with Crippen molar-refractivity contribution in [3.63, 3.8) is 0 Å². The van der Waals surface area contributed by atoms with Crippen molar-refractivity contribution in [1.29, 1.82) is 0 Å². The van der Waals surface area contributed by atoms with Crippen molar-refractivity contribution < 1.29 is 35.1 Å². The minimum Gasteiger partial charge on any atom is -0.508 e. The Labute approximate surface area is 329 Å². The van der Waals surface area contributed by atoms with Gasteiger partial charge >= 0.3 is 0 Å². The topological polar surface area (TPSA) is 70.4 Å². The van der Waals surface area contributed by atoms with Gasteiger partial charge in [-0.3, -0.25) is 9.78 Å². The molecule has 281 valence electrons. The third-order valence-corrected chi connectivity index (χ3v) is 12.6. The zero-order valence-electron chi connectivity index (χ0n) is 33.1. The van der Waals surface area contributed by atoms with Gasteiger partial charge in [-0.25, -0.2) is 0 Å². The van der Waals surface area contributed by atoms with Crippen molar-refractivity contribution >= 4 is 48.1 Å². The summed E-state index contributed by atoms with van der Waals surface area (Å²) in [6, 6.07) is 21.9. The second kappa shape index (κ2) is 16.1. The predicted octanol–water partition coefficient (Wildman–Crippen LogP) is 13.5. The maximum Gasteiger partial charge on any atom is 0.203 e. The van der Waals surface area contributed by atoms with E-state index >= 15 is 0 Å².